The maximum atomic E-state index is 11.1. The number of esters is 1. The maximum absolute atomic E-state index is 11.1. The summed E-state index contributed by atoms with van der Waals surface area (Å²) in [6.07, 6.45) is 3.83. The molecule has 0 fully saturated rings. The third-order valence-corrected chi connectivity index (χ3v) is 1.84. The first-order chi connectivity index (χ1) is 7.92. The van der Waals surface area contributed by atoms with Crippen molar-refractivity contribution in [2.45, 2.75) is 13.8 Å². The molecule has 0 aliphatic carbocycles. The Morgan fingerprint density at radius 3 is 2.17 bits per heavy atom. The van der Waals surface area contributed by atoms with Gasteiger partial charge in [0.15, 0.2) is 0 Å². The van der Waals surface area contributed by atoms with Gasteiger partial charge in [-0.1, -0.05) is 6.08 Å². The van der Waals surface area contributed by atoms with Crippen LogP contribution in [0.25, 0.3) is 0 Å². The second kappa shape index (κ2) is 9.30. The molecule has 0 bridgehead atoms. The van der Waals surface area contributed by atoms with E-state index in [9.17, 15) is 14.7 Å². The Balaban J connectivity index is 0. The Morgan fingerprint density at radius 1 is 1.22 bits per heavy atom. The van der Waals surface area contributed by atoms with Crippen LogP contribution in [0.5, 0.6) is 0 Å². The number of aliphatic carboxylic acids is 1. The Hall–Kier alpha value is -1.75. The summed E-state index contributed by atoms with van der Waals surface area (Å²) in [6.45, 7) is 2.84. The van der Waals surface area contributed by atoms with E-state index in [1.165, 1.54) is 39.2 Å². The first kappa shape index (κ1) is 18.6. The zero-order valence-electron chi connectivity index (χ0n) is 10.8. The summed E-state index contributed by atoms with van der Waals surface area (Å²) < 4.78 is 4.46. The van der Waals surface area contributed by atoms with E-state index in [2.05, 4.69) is 4.74 Å². The van der Waals surface area contributed by atoms with Crippen LogP contribution in [0.1, 0.15) is 13.8 Å². The SMILES string of the molecule is COC(=O)C(C)=CC(C#N)=CC=C(C)C(=O)[O-].[Li+]. The van der Waals surface area contributed by atoms with Gasteiger partial charge in [0.25, 0.3) is 0 Å². The Morgan fingerprint density at radius 2 is 1.78 bits per heavy atom. The van der Waals surface area contributed by atoms with Crippen LogP contribution in [0, 0.1) is 11.3 Å². The number of carbonyl (C=O) groups is 2. The number of hydrogen-bond donors (Lipinski definition) is 0. The Bertz CT molecular complexity index is 455. The van der Waals surface area contributed by atoms with Crippen molar-refractivity contribution in [3.63, 3.8) is 0 Å². The summed E-state index contributed by atoms with van der Waals surface area (Å²) in [5, 5.41) is 19.2. The smallest absolute Gasteiger partial charge is 0.545 e. The van der Waals surface area contributed by atoms with Crippen LogP contribution in [-0.2, 0) is 14.3 Å². The van der Waals surface area contributed by atoms with E-state index in [0.29, 0.717) is 0 Å². The summed E-state index contributed by atoms with van der Waals surface area (Å²) >= 11 is 0. The second-order valence-electron chi connectivity index (χ2n) is 3.19. The van der Waals surface area contributed by atoms with E-state index in [0.717, 1.165) is 0 Å². The van der Waals surface area contributed by atoms with Gasteiger partial charge in [0.05, 0.1) is 24.7 Å². The minimum atomic E-state index is -1.31. The van der Waals surface area contributed by atoms with Gasteiger partial charge in [-0.3, -0.25) is 0 Å². The van der Waals surface area contributed by atoms with Gasteiger partial charge in [0, 0.05) is 5.57 Å². The largest absolute Gasteiger partial charge is 1.00 e. The fourth-order valence-electron chi connectivity index (χ4n) is 0.854. The molecule has 0 aromatic carbocycles. The molecule has 0 aliphatic rings. The fraction of sp³-hybridized carbons (Fsp3) is 0.250. The number of ether oxygens (including phenoxy) is 1. The molecule has 90 valence electrons. The number of methoxy groups -OCH3 is 1. The summed E-state index contributed by atoms with van der Waals surface area (Å²) in [6, 6.07) is 1.83. The number of nitrogens with zero attached hydrogens (tertiary/aromatic N) is 1. The van der Waals surface area contributed by atoms with Gasteiger partial charge >= 0.3 is 24.8 Å². The molecular formula is C12H12LiNO4. The Labute approximate surface area is 118 Å². The average molecular weight is 241 g/mol. The molecule has 0 saturated heterocycles. The van der Waals surface area contributed by atoms with E-state index >= 15 is 0 Å². The summed E-state index contributed by atoms with van der Waals surface area (Å²) in [5.74, 6) is -1.86. The minimum Gasteiger partial charge on any atom is -0.545 e. The van der Waals surface area contributed by atoms with Crippen molar-refractivity contribution in [3.05, 3.63) is 34.9 Å². The minimum absolute atomic E-state index is 0. The number of carboxylic acid groups (broad SMARTS) is 1. The molecule has 0 N–H and O–H groups in total. The molecule has 5 nitrogen and oxygen atoms in total. The van der Waals surface area contributed by atoms with Crippen LogP contribution >= 0.6 is 0 Å². The third kappa shape index (κ3) is 6.75. The van der Waals surface area contributed by atoms with Crippen LogP contribution in [0.15, 0.2) is 34.9 Å². The van der Waals surface area contributed by atoms with Crippen LogP contribution in [0.4, 0.5) is 0 Å². The standard InChI is InChI=1S/C12H13NO4.Li/c1-8(11(14)15)4-5-10(7-13)6-9(2)12(16)17-3;/h4-6H,1-3H3,(H,14,15);/q;+1/p-1. The number of carboxylic acids is 1. The number of rotatable bonds is 4. The molecular weight excluding hydrogens is 229 g/mol. The molecule has 0 rings (SSSR count). The van der Waals surface area contributed by atoms with Crippen molar-refractivity contribution in [1.82, 2.24) is 0 Å². The maximum Gasteiger partial charge on any atom is 1.00 e. The van der Waals surface area contributed by atoms with Crippen molar-refractivity contribution in [2.75, 3.05) is 7.11 Å². The third-order valence-electron chi connectivity index (χ3n) is 1.84. The van der Waals surface area contributed by atoms with Crippen molar-refractivity contribution in [3.8, 4) is 6.07 Å². The van der Waals surface area contributed by atoms with Gasteiger partial charge in [0.2, 0.25) is 0 Å². The fourth-order valence-corrected chi connectivity index (χ4v) is 0.854. The molecule has 18 heavy (non-hydrogen) atoms. The molecule has 0 spiro atoms. The first-order valence-corrected chi connectivity index (χ1v) is 4.69. The topological polar surface area (TPSA) is 90.2 Å². The average Bonchev–Trinajstić information content (AvgIpc) is 2.32. The molecule has 0 radical (unpaired) electrons. The summed E-state index contributed by atoms with van der Waals surface area (Å²) in [5.41, 5.74) is 0.384. The molecule has 0 aliphatic heterocycles. The summed E-state index contributed by atoms with van der Waals surface area (Å²) in [4.78, 5) is 21.5. The van der Waals surface area contributed by atoms with Gasteiger partial charge in [0.1, 0.15) is 0 Å². The first-order valence-electron chi connectivity index (χ1n) is 4.69. The molecule has 0 heterocycles. The van der Waals surface area contributed by atoms with E-state index in [4.69, 9.17) is 5.26 Å². The van der Waals surface area contributed by atoms with Crippen LogP contribution in [0.2, 0.25) is 0 Å². The van der Waals surface area contributed by atoms with Gasteiger partial charge in [-0.2, -0.15) is 5.26 Å². The van der Waals surface area contributed by atoms with Gasteiger partial charge in [-0.25, -0.2) is 4.79 Å². The normalized spacial score (nSPS) is 12.2. The van der Waals surface area contributed by atoms with Gasteiger partial charge < -0.3 is 14.6 Å². The molecule has 0 aromatic rings. The van der Waals surface area contributed by atoms with Crippen molar-refractivity contribution >= 4 is 11.9 Å². The summed E-state index contributed by atoms with van der Waals surface area (Å²) in [7, 11) is 1.23. The predicted octanol–water partition coefficient (Wildman–Crippen LogP) is -2.74. The van der Waals surface area contributed by atoms with Crippen molar-refractivity contribution < 1.29 is 38.3 Å². The van der Waals surface area contributed by atoms with Gasteiger partial charge in [-0.15, -0.1) is 0 Å². The Kier molecular flexibility index (Phi) is 9.61. The molecule has 0 unspecified atom stereocenters. The van der Waals surface area contributed by atoms with E-state index in [1.54, 1.807) is 0 Å². The van der Waals surface area contributed by atoms with Crippen LogP contribution in [-0.4, -0.2) is 19.0 Å². The quantitative estimate of drug-likeness (QED) is 0.175. The number of nitriles is 1. The molecule has 0 amide bonds. The predicted molar refractivity (Wildman–Crippen MR) is 58.2 cm³/mol. The molecule has 6 heteroatoms. The number of hydrogen-bond acceptors (Lipinski definition) is 5. The number of carbonyl (C=O) groups excluding carboxylic acids is 2. The molecule has 0 saturated carbocycles. The van der Waals surface area contributed by atoms with Crippen LogP contribution in [0.3, 0.4) is 0 Å². The van der Waals surface area contributed by atoms with E-state index < -0.39 is 11.9 Å². The molecule has 0 atom stereocenters. The van der Waals surface area contributed by atoms with Crippen molar-refractivity contribution in [2.24, 2.45) is 0 Å². The zero-order chi connectivity index (χ0) is 13.4. The number of allylic oxidation sites excluding steroid dienone is 4. The van der Waals surface area contributed by atoms with E-state index in [-0.39, 0.29) is 35.6 Å². The van der Waals surface area contributed by atoms with Crippen LogP contribution < -0.4 is 24.0 Å². The van der Waals surface area contributed by atoms with Gasteiger partial charge in [-0.05, 0) is 31.6 Å². The monoisotopic (exact) mass is 241 g/mol. The van der Waals surface area contributed by atoms with Crippen molar-refractivity contribution in [1.29, 1.82) is 5.26 Å². The zero-order valence-corrected chi connectivity index (χ0v) is 10.8. The molecule has 0 aromatic heterocycles. The van der Waals surface area contributed by atoms with E-state index in [1.807, 2.05) is 6.07 Å². The second-order valence-corrected chi connectivity index (χ2v) is 3.19.